The van der Waals surface area contributed by atoms with Crippen molar-refractivity contribution in [2.24, 2.45) is 17.8 Å². The van der Waals surface area contributed by atoms with Crippen molar-refractivity contribution in [1.29, 1.82) is 0 Å². The molecule has 404 valence electrons. The van der Waals surface area contributed by atoms with E-state index >= 15 is 0 Å². The number of hydrogen-bond acceptors (Lipinski definition) is 13. The van der Waals surface area contributed by atoms with Gasteiger partial charge in [-0.3, -0.25) is 14.4 Å². The lowest BCUT2D eigenvalue weighted by Crippen LogP contribution is -2.21. The number of nitrogens with one attached hydrogen (secondary N) is 1. The van der Waals surface area contributed by atoms with Gasteiger partial charge in [-0.25, -0.2) is 14.1 Å². The van der Waals surface area contributed by atoms with Crippen molar-refractivity contribution >= 4 is 40.3 Å². The van der Waals surface area contributed by atoms with E-state index in [9.17, 15) is 24.3 Å². The van der Waals surface area contributed by atoms with Crippen LogP contribution in [-0.4, -0.2) is 146 Å². The van der Waals surface area contributed by atoms with Crippen LogP contribution in [0.4, 0.5) is 5.69 Å². The number of ketones is 1. The van der Waals surface area contributed by atoms with Gasteiger partial charge in [-0.1, -0.05) is 6.07 Å². The normalized spacial score (nSPS) is 15.9. The number of carboxylic acids is 1. The molecule has 17 nitrogen and oxygen atoms in total. The van der Waals surface area contributed by atoms with E-state index < -0.39 is 5.97 Å². The van der Waals surface area contributed by atoms with Gasteiger partial charge in [0.15, 0.2) is 5.78 Å². The second-order valence-electron chi connectivity index (χ2n) is 19.8. The third-order valence-corrected chi connectivity index (χ3v) is 14.3. The Kier molecular flexibility index (Phi) is 19.6. The maximum absolute atomic E-state index is 13.5. The predicted octanol–water partition coefficient (Wildman–Crippen LogP) is 7.36. The van der Waals surface area contributed by atoms with E-state index in [1.807, 2.05) is 103 Å². The molecule has 1 amide bonds. The van der Waals surface area contributed by atoms with Crippen LogP contribution in [0.1, 0.15) is 80.9 Å². The number of anilines is 1. The summed E-state index contributed by atoms with van der Waals surface area (Å²) in [7, 11) is 9.41. The molecule has 4 aliphatic rings. The Morgan fingerprint density at radius 2 is 1.37 bits per heavy atom. The largest absolute Gasteiger partial charge is 0.478 e. The van der Waals surface area contributed by atoms with Gasteiger partial charge >= 0.3 is 11.9 Å². The SMILES string of the molecule is CNC(=O)c1ccc(-n2cc3c(n2)CCC2C(CC3)C2COC(=O)CCCOCCOCCOCCOCCOCCCC(=O)c2ccc(C(=O)O)c(-c3c4ccc(=[N+](C)C)cc-4oc4cc(N(C)C)ccc34)c2)cc1. The number of rotatable bonds is 28. The lowest BCUT2D eigenvalue weighted by Gasteiger charge is -2.19. The number of hydrogen-bond donors (Lipinski definition) is 2. The van der Waals surface area contributed by atoms with Gasteiger partial charge in [0.05, 0.1) is 82.5 Å². The summed E-state index contributed by atoms with van der Waals surface area (Å²) >= 11 is 0. The number of amides is 1. The monoisotopic (exact) mass is 1040 g/mol. The Labute approximate surface area is 444 Å². The van der Waals surface area contributed by atoms with E-state index in [0.717, 1.165) is 59.1 Å². The molecule has 1 fully saturated rings. The summed E-state index contributed by atoms with van der Waals surface area (Å²) in [5.41, 5.74) is 7.89. The third kappa shape index (κ3) is 14.4. The number of carbonyl (C=O) groups is 4. The zero-order chi connectivity index (χ0) is 53.6. The molecule has 0 bridgehead atoms. The Morgan fingerprint density at radius 1 is 0.737 bits per heavy atom. The molecule has 4 aromatic rings. The smallest absolute Gasteiger partial charge is 0.336 e. The van der Waals surface area contributed by atoms with Crippen LogP contribution in [-0.2, 0) is 46.1 Å². The summed E-state index contributed by atoms with van der Waals surface area (Å²) in [6.07, 6.45) is 7.73. The molecule has 76 heavy (non-hydrogen) atoms. The fraction of sp³-hybridized carbons (Fsp3) is 0.458. The highest BCUT2D eigenvalue weighted by Gasteiger charge is 2.50. The van der Waals surface area contributed by atoms with E-state index in [1.165, 1.54) is 11.6 Å². The van der Waals surface area contributed by atoms with Crippen LogP contribution in [0.15, 0.2) is 89.5 Å². The van der Waals surface area contributed by atoms with E-state index in [-0.39, 0.29) is 29.6 Å². The quantitative estimate of drug-likeness (QED) is 0.0163. The number of benzene rings is 4. The molecule has 2 N–H and O–H groups in total. The van der Waals surface area contributed by atoms with Gasteiger partial charge in [0.1, 0.15) is 25.4 Å². The summed E-state index contributed by atoms with van der Waals surface area (Å²) in [5.74, 6) is 0.677. The number of aryl methyl sites for hydroxylation is 2. The van der Waals surface area contributed by atoms with Gasteiger partial charge in [-0.05, 0) is 122 Å². The molecule has 0 saturated heterocycles. The van der Waals surface area contributed by atoms with Crippen LogP contribution in [0.3, 0.4) is 0 Å². The molecule has 17 heteroatoms. The molecule has 8 rings (SSSR count). The molecule has 1 aromatic heterocycles. The molecule has 3 aliphatic carbocycles. The summed E-state index contributed by atoms with van der Waals surface area (Å²) in [6.45, 7) is 4.61. The minimum absolute atomic E-state index is 0.0955. The Hall–Kier alpha value is -6.76. The fourth-order valence-corrected chi connectivity index (χ4v) is 10.0. The average molecular weight is 1040 g/mol. The number of nitrogens with zero attached hydrogens (tertiary/aromatic N) is 4. The highest BCUT2D eigenvalue weighted by Crippen LogP contribution is 2.53. The molecule has 1 saturated carbocycles. The van der Waals surface area contributed by atoms with E-state index in [2.05, 4.69) is 11.5 Å². The van der Waals surface area contributed by atoms with Crippen LogP contribution < -0.4 is 20.1 Å². The maximum Gasteiger partial charge on any atom is 0.336 e. The van der Waals surface area contributed by atoms with Crippen molar-refractivity contribution in [2.75, 3.05) is 113 Å². The number of aromatic nitrogens is 2. The molecule has 3 atom stereocenters. The standard InChI is InChI=1S/C59H71N5O12/c1-60-58(67)39-10-14-42(15-11-39)64-37-41-13-18-45-46(22-23-52(41)61-64)51(45)38-75-56(66)9-7-25-71-27-29-73-31-33-74-32-30-72-28-26-70-24-6-8-53(65)40-12-19-47(59(68)69)50(34-40)57-48-20-16-43(62(2)3)35-54(48)76-55-36-44(63(4)5)17-21-49(55)57/h10-12,14-17,19-21,34-37,45-46,51H,6-9,13,18,22-33,38H2,1-5H3,(H-,60,67,68,69)/p+1. The molecule has 2 heterocycles. The summed E-state index contributed by atoms with van der Waals surface area (Å²) in [5, 5.41) is 19.5. The minimum atomic E-state index is -1.09. The van der Waals surface area contributed by atoms with Gasteiger partial charge in [-0.2, -0.15) is 5.10 Å². The van der Waals surface area contributed by atoms with Crippen molar-refractivity contribution in [3.05, 3.63) is 118 Å². The number of fused-ring (bicyclic) bond motifs is 4. The van der Waals surface area contributed by atoms with Crippen LogP contribution in [0, 0.1) is 17.8 Å². The Balaban J connectivity index is 0.633. The van der Waals surface area contributed by atoms with Gasteiger partial charge in [-0.15, -0.1) is 0 Å². The molecular formula is C59H72N5O12+. The number of ether oxygens (including phenoxy) is 6. The average Bonchev–Trinajstić information content (AvgIpc) is 4.01. The van der Waals surface area contributed by atoms with Gasteiger partial charge < -0.3 is 48.2 Å². The van der Waals surface area contributed by atoms with Gasteiger partial charge in [0, 0.05) is 98.9 Å². The lowest BCUT2D eigenvalue weighted by atomic mass is 9.88. The van der Waals surface area contributed by atoms with Crippen molar-refractivity contribution in [1.82, 2.24) is 19.7 Å². The zero-order valence-corrected chi connectivity index (χ0v) is 44.5. The highest BCUT2D eigenvalue weighted by molar-refractivity contribution is 6.09. The number of Topliss-reactive ketones (excluding diaryl/α,β-unsaturated/α-hetero) is 1. The second kappa shape index (κ2) is 26.8. The maximum atomic E-state index is 13.5. The van der Waals surface area contributed by atoms with Crippen molar-refractivity contribution in [3.8, 4) is 28.1 Å². The number of aromatic carboxylic acids is 1. The lowest BCUT2D eigenvalue weighted by molar-refractivity contribution is -0.144. The Morgan fingerprint density at radius 3 is 2.00 bits per heavy atom. The van der Waals surface area contributed by atoms with Crippen LogP contribution >= 0.6 is 0 Å². The second-order valence-corrected chi connectivity index (χ2v) is 19.8. The van der Waals surface area contributed by atoms with Crippen molar-refractivity contribution < 1.29 is 57.1 Å². The van der Waals surface area contributed by atoms with E-state index in [0.29, 0.717) is 143 Å². The summed E-state index contributed by atoms with van der Waals surface area (Å²) in [6, 6.07) is 23.9. The fourth-order valence-electron chi connectivity index (χ4n) is 10.0. The number of esters is 1. The predicted molar refractivity (Wildman–Crippen MR) is 289 cm³/mol. The summed E-state index contributed by atoms with van der Waals surface area (Å²) in [4.78, 5) is 52.5. The molecule has 3 aromatic carbocycles. The van der Waals surface area contributed by atoms with E-state index in [1.54, 1.807) is 19.2 Å². The first-order chi connectivity index (χ1) is 36.9. The zero-order valence-electron chi connectivity index (χ0n) is 44.5. The van der Waals surface area contributed by atoms with Gasteiger partial charge in [0.25, 0.3) is 5.91 Å². The van der Waals surface area contributed by atoms with Crippen molar-refractivity contribution in [2.45, 2.75) is 51.4 Å². The molecular weight excluding hydrogens is 971 g/mol. The number of carboxylic acid groups (broad SMARTS) is 1. The topological polar surface area (TPSA) is 193 Å². The first kappa shape index (κ1) is 55.5. The van der Waals surface area contributed by atoms with Crippen LogP contribution in [0.2, 0.25) is 0 Å². The van der Waals surface area contributed by atoms with Crippen LogP contribution in [0.25, 0.3) is 39.1 Å². The molecule has 1 aliphatic heterocycles. The van der Waals surface area contributed by atoms with Gasteiger partial charge in [0.2, 0.25) is 5.36 Å². The van der Waals surface area contributed by atoms with Crippen LogP contribution in [0.5, 0.6) is 0 Å². The molecule has 0 radical (unpaired) electrons. The minimum Gasteiger partial charge on any atom is -0.478 e. The van der Waals surface area contributed by atoms with Crippen molar-refractivity contribution in [3.63, 3.8) is 0 Å². The first-order valence-corrected chi connectivity index (χ1v) is 26.4. The number of carbonyl (C=O) groups excluding carboxylic acids is 3. The molecule has 3 unspecified atom stereocenters. The third-order valence-electron chi connectivity index (χ3n) is 14.3. The van der Waals surface area contributed by atoms with E-state index in [4.69, 9.17) is 37.9 Å². The summed E-state index contributed by atoms with van der Waals surface area (Å²) < 4.78 is 44.2. The Bertz CT molecular complexity index is 2960. The molecule has 0 spiro atoms. The highest BCUT2D eigenvalue weighted by atomic mass is 16.6. The first-order valence-electron chi connectivity index (χ1n) is 26.4.